The van der Waals surface area contributed by atoms with Crippen LogP contribution in [-0.4, -0.2) is 31.8 Å². The van der Waals surface area contributed by atoms with Crippen molar-refractivity contribution in [3.8, 4) is 0 Å². The molecule has 2 aliphatic rings. The van der Waals surface area contributed by atoms with Gasteiger partial charge < -0.3 is 4.74 Å². The van der Waals surface area contributed by atoms with E-state index in [1.807, 2.05) is 12.1 Å². The predicted molar refractivity (Wildman–Crippen MR) is 93.4 cm³/mol. The SMILES string of the molecule is O=C1OC2(CCN(S(=O)(=O)Cc3cccc(F)c3)CC2)c2ccccc21. The summed E-state index contributed by atoms with van der Waals surface area (Å²) in [6, 6.07) is 12.9. The van der Waals surface area contributed by atoms with E-state index < -0.39 is 21.4 Å². The Balaban J connectivity index is 1.51. The number of esters is 1. The lowest BCUT2D eigenvalue weighted by molar-refractivity contribution is -0.0329. The second-order valence-corrected chi connectivity index (χ2v) is 8.68. The summed E-state index contributed by atoms with van der Waals surface area (Å²) in [5.41, 5.74) is 1.08. The van der Waals surface area contributed by atoms with Gasteiger partial charge in [-0.3, -0.25) is 0 Å². The van der Waals surface area contributed by atoms with Crippen LogP contribution in [-0.2, 0) is 26.1 Å². The Morgan fingerprint density at radius 1 is 1.08 bits per heavy atom. The second-order valence-electron chi connectivity index (χ2n) is 6.71. The molecule has 5 nitrogen and oxygen atoms in total. The summed E-state index contributed by atoms with van der Waals surface area (Å²) in [6.45, 7) is 0.526. The average Bonchev–Trinajstić information content (AvgIpc) is 2.87. The van der Waals surface area contributed by atoms with E-state index in [0.29, 0.717) is 24.0 Å². The van der Waals surface area contributed by atoms with Gasteiger partial charge in [0.25, 0.3) is 0 Å². The third-order valence-corrected chi connectivity index (χ3v) is 6.94. The van der Waals surface area contributed by atoms with E-state index in [9.17, 15) is 17.6 Å². The van der Waals surface area contributed by atoms with Crippen molar-refractivity contribution in [1.29, 1.82) is 0 Å². The Kier molecular flexibility index (Phi) is 4.08. The lowest BCUT2D eigenvalue weighted by atomic mass is 9.84. The number of carbonyl (C=O) groups is 1. The third-order valence-electron chi connectivity index (χ3n) is 5.09. The number of nitrogens with zero attached hydrogens (tertiary/aromatic N) is 1. The van der Waals surface area contributed by atoms with Crippen molar-refractivity contribution in [3.05, 3.63) is 71.0 Å². The number of benzene rings is 2. The molecule has 2 aromatic carbocycles. The molecule has 2 heterocycles. The van der Waals surface area contributed by atoms with Gasteiger partial charge in [-0.1, -0.05) is 30.3 Å². The zero-order valence-corrected chi connectivity index (χ0v) is 14.8. The van der Waals surface area contributed by atoms with Crippen LogP contribution in [0.1, 0.15) is 34.3 Å². The van der Waals surface area contributed by atoms with Gasteiger partial charge in [0.1, 0.15) is 11.4 Å². The molecule has 7 heteroatoms. The second kappa shape index (κ2) is 6.17. The fourth-order valence-electron chi connectivity index (χ4n) is 3.77. The summed E-state index contributed by atoms with van der Waals surface area (Å²) >= 11 is 0. The Morgan fingerprint density at radius 3 is 2.54 bits per heavy atom. The number of hydrogen-bond acceptors (Lipinski definition) is 4. The first kappa shape index (κ1) is 17.2. The molecule has 2 aliphatic heterocycles. The van der Waals surface area contributed by atoms with Gasteiger partial charge in [0, 0.05) is 31.5 Å². The van der Waals surface area contributed by atoms with E-state index in [0.717, 1.165) is 5.56 Å². The highest BCUT2D eigenvalue weighted by Crippen LogP contribution is 2.44. The zero-order chi connectivity index (χ0) is 18.4. The minimum atomic E-state index is -3.56. The molecule has 0 aromatic heterocycles. The summed E-state index contributed by atoms with van der Waals surface area (Å²) in [6.07, 6.45) is 0.830. The minimum Gasteiger partial charge on any atom is -0.450 e. The number of rotatable bonds is 3. The molecule has 26 heavy (non-hydrogen) atoms. The molecule has 0 radical (unpaired) electrons. The number of sulfonamides is 1. The molecule has 0 amide bonds. The molecule has 1 saturated heterocycles. The highest BCUT2D eigenvalue weighted by atomic mass is 32.2. The summed E-state index contributed by atoms with van der Waals surface area (Å²) < 4.78 is 45.7. The van der Waals surface area contributed by atoms with Crippen LogP contribution in [0.25, 0.3) is 0 Å². The van der Waals surface area contributed by atoms with Gasteiger partial charge in [0.05, 0.1) is 11.3 Å². The van der Waals surface area contributed by atoms with Crippen LogP contribution < -0.4 is 0 Å². The smallest absolute Gasteiger partial charge is 0.339 e. The van der Waals surface area contributed by atoms with E-state index in [-0.39, 0.29) is 24.8 Å². The quantitative estimate of drug-likeness (QED) is 0.774. The predicted octanol–water partition coefficient (Wildman–Crippen LogP) is 2.82. The monoisotopic (exact) mass is 375 g/mol. The molecule has 0 aliphatic carbocycles. The maximum Gasteiger partial charge on any atom is 0.339 e. The molecular formula is C19H18FNO4S. The van der Waals surface area contributed by atoms with E-state index in [2.05, 4.69) is 0 Å². The molecule has 0 N–H and O–H groups in total. The first-order chi connectivity index (χ1) is 12.4. The lowest BCUT2D eigenvalue weighted by Crippen LogP contribution is -2.45. The van der Waals surface area contributed by atoms with Crippen LogP contribution in [0, 0.1) is 5.82 Å². The standard InChI is InChI=1S/C19H18FNO4S/c20-15-5-3-4-14(12-15)13-26(23,24)21-10-8-19(9-11-21)17-7-2-1-6-16(17)18(22)25-19/h1-7,12H,8-11,13H2. The van der Waals surface area contributed by atoms with Gasteiger partial charge in [0.2, 0.25) is 10.0 Å². The van der Waals surface area contributed by atoms with Crippen LogP contribution in [0.2, 0.25) is 0 Å². The van der Waals surface area contributed by atoms with Crippen molar-refractivity contribution in [2.24, 2.45) is 0 Å². The summed E-state index contributed by atoms with van der Waals surface area (Å²) in [5, 5.41) is 0. The summed E-state index contributed by atoms with van der Waals surface area (Å²) in [5.74, 6) is -1.05. The highest BCUT2D eigenvalue weighted by Gasteiger charge is 2.48. The van der Waals surface area contributed by atoms with Crippen LogP contribution in [0.15, 0.2) is 48.5 Å². The maximum atomic E-state index is 13.3. The molecule has 0 bridgehead atoms. The molecule has 0 saturated carbocycles. The molecular weight excluding hydrogens is 357 g/mol. The average molecular weight is 375 g/mol. The Bertz CT molecular complexity index is 965. The molecule has 0 atom stereocenters. The minimum absolute atomic E-state index is 0.242. The van der Waals surface area contributed by atoms with Crippen molar-refractivity contribution < 1.29 is 22.3 Å². The molecule has 4 rings (SSSR count). The van der Waals surface area contributed by atoms with E-state index >= 15 is 0 Å². The Morgan fingerprint density at radius 2 is 1.81 bits per heavy atom. The van der Waals surface area contributed by atoms with Gasteiger partial charge in [-0.2, -0.15) is 0 Å². The maximum absolute atomic E-state index is 13.3. The Labute approximate surface area is 151 Å². The first-order valence-corrected chi connectivity index (χ1v) is 10.1. The fourth-order valence-corrected chi connectivity index (χ4v) is 5.29. The van der Waals surface area contributed by atoms with Gasteiger partial charge in [-0.15, -0.1) is 0 Å². The highest BCUT2D eigenvalue weighted by molar-refractivity contribution is 7.88. The van der Waals surface area contributed by atoms with E-state index in [1.165, 1.54) is 22.5 Å². The van der Waals surface area contributed by atoms with Crippen molar-refractivity contribution in [2.45, 2.75) is 24.2 Å². The van der Waals surface area contributed by atoms with Crippen LogP contribution >= 0.6 is 0 Å². The molecule has 136 valence electrons. The van der Waals surface area contributed by atoms with Crippen LogP contribution in [0.3, 0.4) is 0 Å². The number of hydrogen-bond donors (Lipinski definition) is 0. The van der Waals surface area contributed by atoms with Crippen molar-refractivity contribution >= 4 is 16.0 Å². The van der Waals surface area contributed by atoms with Crippen molar-refractivity contribution in [3.63, 3.8) is 0 Å². The number of halogens is 1. The molecule has 1 fully saturated rings. The van der Waals surface area contributed by atoms with Crippen LogP contribution in [0.4, 0.5) is 4.39 Å². The molecule has 1 spiro atoms. The van der Waals surface area contributed by atoms with Crippen molar-refractivity contribution in [2.75, 3.05) is 13.1 Å². The Hall–Kier alpha value is -2.25. The van der Waals surface area contributed by atoms with Crippen molar-refractivity contribution in [1.82, 2.24) is 4.31 Å². The lowest BCUT2D eigenvalue weighted by Gasteiger charge is -2.37. The summed E-state index contributed by atoms with van der Waals surface area (Å²) in [7, 11) is -3.56. The molecule has 0 unspecified atom stereocenters. The number of piperidine rings is 1. The number of carbonyl (C=O) groups excluding carboxylic acids is 1. The zero-order valence-electron chi connectivity index (χ0n) is 14.0. The van der Waals surface area contributed by atoms with Gasteiger partial charge >= 0.3 is 5.97 Å². The van der Waals surface area contributed by atoms with Gasteiger partial charge in [-0.05, 0) is 23.8 Å². The number of ether oxygens (including phenoxy) is 1. The molecule has 2 aromatic rings. The van der Waals surface area contributed by atoms with Gasteiger partial charge in [0.15, 0.2) is 0 Å². The van der Waals surface area contributed by atoms with Gasteiger partial charge in [-0.25, -0.2) is 21.9 Å². The fraction of sp³-hybridized carbons (Fsp3) is 0.316. The number of fused-ring (bicyclic) bond motifs is 2. The third kappa shape index (κ3) is 2.91. The van der Waals surface area contributed by atoms with E-state index in [1.54, 1.807) is 18.2 Å². The summed E-state index contributed by atoms with van der Waals surface area (Å²) in [4.78, 5) is 12.1. The normalized spacial score (nSPS) is 19.3. The van der Waals surface area contributed by atoms with E-state index in [4.69, 9.17) is 4.74 Å². The first-order valence-electron chi connectivity index (χ1n) is 8.45. The topological polar surface area (TPSA) is 63.7 Å². The largest absolute Gasteiger partial charge is 0.450 e. The van der Waals surface area contributed by atoms with Crippen LogP contribution in [0.5, 0.6) is 0 Å².